The zero-order valence-electron chi connectivity index (χ0n) is 12.2. The van der Waals surface area contributed by atoms with Crippen molar-refractivity contribution in [3.63, 3.8) is 0 Å². The highest BCUT2D eigenvalue weighted by atomic mass is 79.9. The van der Waals surface area contributed by atoms with Crippen LogP contribution < -0.4 is 14.8 Å². The Morgan fingerprint density at radius 1 is 1.10 bits per heavy atom. The third-order valence-corrected chi connectivity index (χ3v) is 3.88. The van der Waals surface area contributed by atoms with E-state index < -0.39 is 0 Å². The van der Waals surface area contributed by atoms with E-state index >= 15 is 0 Å². The van der Waals surface area contributed by atoms with Gasteiger partial charge in [-0.05, 0) is 42.3 Å². The van der Waals surface area contributed by atoms with Crippen molar-refractivity contribution >= 4 is 21.6 Å². The molecule has 0 unspecified atom stereocenters. The fourth-order valence-electron chi connectivity index (χ4n) is 2.00. The molecule has 112 valence electrons. The number of hydrogen-bond acceptors (Lipinski definition) is 3. The number of halogens is 2. The van der Waals surface area contributed by atoms with Crippen LogP contribution >= 0.6 is 15.9 Å². The molecular weight excluding hydrogens is 337 g/mol. The smallest absolute Gasteiger partial charge is 0.161 e. The van der Waals surface area contributed by atoms with Gasteiger partial charge in [0.05, 0.1) is 19.9 Å². The summed E-state index contributed by atoms with van der Waals surface area (Å²) in [7, 11) is 3.17. The Morgan fingerprint density at radius 3 is 2.43 bits per heavy atom. The monoisotopic (exact) mass is 353 g/mol. The van der Waals surface area contributed by atoms with E-state index in [0.717, 1.165) is 15.6 Å². The van der Waals surface area contributed by atoms with Crippen LogP contribution in [0.25, 0.3) is 0 Å². The maximum absolute atomic E-state index is 13.7. The number of ether oxygens (including phenoxy) is 2. The molecule has 0 bridgehead atoms. The molecule has 0 saturated heterocycles. The molecule has 0 heterocycles. The van der Waals surface area contributed by atoms with Crippen molar-refractivity contribution in [2.75, 3.05) is 19.5 Å². The number of methoxy groups -OCH3 is 2. The summed E-state index contributed by atoms with van der Waals surface area (Å²) in [6, 6.07) is 8.68. The van der Waals surface area contributed by atoms with Gasteiger partial charge in [-0.1, -0.05) is 22.0 Å². The van der Waals surface area contributed by atoms with Gasteiger partial charge in [-0.3, -0.25) is 0 Å². The van der Waals surface area contributed by atoms with E-state index in [9.17, 15) is 4.39 Å². The second-order valence-corrected chi connectivity index (χ2v) is 5.49. The van der Waals surface area contributed by atoms with Gasteiger partial charge < -0.3 is 14.8 Å². The number of hydrogen-bond donors (Lipinski definition) is 1. The van der Waals surface area contributed by atoms with E-state index in [1.54, 1.807) is 26.4 Å². The molecule has 0 aliphatic heterocycles. The number of aryl methyl sites for hydroxylation is 1. The Hall–Kier alpha value is -1.75. The van der Waals surface area contributed by atoms with Crippen molar-refractivity contribution in [3.05, 3.63) is 51.7 Å². The van der Waals surface area contributed by atoms with Gasteiger partial charge >= 0.3 is 0 Å². The highest BCUT2D eigenvalue weighted by Crippen LogP contribution is 2.33. The molecule has 0 aliphatic carbocycles. The summed E-state index contributed by atoms with van der Waals surface area (Å²) in [4.78, 5) is 0. The molecule has 1 N–H and O–H groups in total. The standard InChI is InChI=1S/C16H17BrFNO2/c1-10-4-5-13(18)14(6-10)19-9-11-7-15(20-2)16(21-3)8-12(11)17/h4-8,19H,9H2,1-3H3. The SMILES string of the molecule is COc1cc(Br)c(CNc2cc(C)ccc2F)cc1OC. The summed E-state index contributed by atoms with van der Waals surface area (Å²) in [6.07, 6.45) is 0. The topological polar surface area (TPSA) is 30.5 Å². The van der Waals surface area contributed by atoms with Gasteiger partial charge in [0.25, 0.3) is 0 Å². The molecule has 2 aromatic rings. The molecule has 0 amide bonds. The van der Waals surface area contributed by atoms with E-state index in [4.69, 9.17) is 9.47 Å². The number of anilines is 1. The van der Waals surface area contributed by atoms with Gasteiger partial charge in [0.2, 0.25) is 0 Å². The Kier molecular flexibility index (Phi) is 5.07. The lowest BCUT2D eigenvalue weighted by Gasteiger charge is -2.13. The zero-order chi connectivity index (χ0) is 15.4. The Morgan fingerprint density at radius 2 is 1.76 bits per heavy atom. The van der Waals surface area contributed by atoms with Gasteiger partial charge in [-0.15, -0.1) is 0 Å². The molecule has 5 heteroatoms. The molecule has 0 radical (unpaired) electrons. The number of nitrogens with one attached hydrogen (secondary N) is 1. The Labute approximate surface area is 132 Å². The minimum Gasteiger partial charge on any atom is -0.493 e. The van der Waals surface area contributed by atoms with E-state index in [1.807, 2.05) is 19.1 Å². The average Bonchev–Trinajstić information content (AvgIpc) is 2.48. The van der Waals surface area contributed by atoms with Crippen molar-refractivity contribution in [3.8, 4) is 11.5 Å². The van der Waals surface area contributed by atoms with Crippen molar-refractivity contribution in [2.24, 2.45) is 0 Å². The number of rotatable bonds is 5. The van der Waals surface area contributed by atoms with E-state index in [0.29, 0.717) is 23.7 Å². The third-order valence-electron chi connectivity index (χ3n) is 3.14. The largest absolute Gasteiger partial charge is 0.493 e. The third kappa shape index (κ3) is 3.67. The molecular formula is C16H17BrFNO2. The zero-order valence-corrected chi connectivity index (χ0v) is 13.8. The number of benzene rings is 2. The Bertz CT molecular complexity index is 646. The van der Waals surface area contributed by atoms with Crippen LogP contribution in [0.5, 0.6) is 11.5 Å². The molecule has 0 aliphatic rings. The summed E-state index contributed by atoms with van der Waals surface area (Å²) >= 11 is 3.49. The van der Waals surface area contributed by atoms with Crippen molar-refractivity contribution in [1.82, 2.24) is 0 Å². The lowest BCUT2D eigenvalue weighted by molar-refractivity contribution is 0.354. The second-order valence-electron chi connectivity index (χ2n) is 4.64. The van der Waals surface area contributed by atoms with Crippen molar-refractivity contribution < 1.29 is 13.9 Å². The van der Waals surface area contributed by atoms with Gasteiger partial charge in [-0.2, -0.15) is 0 Å². The summed E-state index contributed by atoms with van der Waals surface area (Å²) in [5, 5.41) is 3.10. The molecule has 3 nitrogen and oxygen atoms in total. The lowest BCUT2D eigenvalue weighted by Crippen LogP contribution is -2.03. The summed E-state index contributed by atoms with van der Waals surface area (Å²) in [6.45, 7) is 2.40. The van der Waals surface area contributed by atoms with Crippen LogP contribution in [0, 0.1) is 12.7 Å². The van der Waals surface area contributed by atoms with Crippen LogP contribution in [0.15, 0.2) is 34.8 Å². The van der Waals surface area contributed by atoms with Gasteiger partial charge in [0.15, 0.2) is 11.5 Å². The van der Waals surface area contributed by atoms with Crippen LogP contribution in [0.3, 0.4) is 0 Å². The minimum atomic E-state index is -0.266. The Balaban J connectivity index is 2.21. The first-order valence-electron chi connectivity index (χ1n) is 6.45. The molecule has 0 atom stereocenters. The van der Waals surface area contributed by atoms with Gasteiger partial charge in [0.1, 0.15) is 5.82 Å². The fourth-order valence-corrected chi connectivity index (χ4v) is 2.46. The molecule has 0 fully saturated rings. The normalized spacial score (nSPS) is 10.3. The molecule has 0 saturated carbocycles. The molecule has 2 aromatic carbocycles. The lowest BCUT2D eigenvalue weighted by atomic mass is 10.1. The maximum Gasteiger partial charge on any atom is 0.161 e. The van der Waals surface area contributed by atoms with E-state index in [2.05, 4.69) is 21.2 Å². The highest BCUT2D eigenvalue weighted by Gasteiger charge is 2.10. The first kappa shape index (κ1) is 15.6. The first-order chi connectivity index (χ1) is 10.0. The van der Waals surface area contributed by atoms with E-state index in [-0.39, 0.29) is 5.82 Å². The predicted molar refractivity (Wildman–Crippen MR) is 85.7 cm³/mol. The minimum absolute atomic E-state index is 0.266. The van der Waals surface area contributed by atoms with Crippen LogP contribution in [-0.2, 0) is 6.54 Å². The highest BCUT2D eigenvalue weighted by molar-refractivity contribution is 9.10. The molecule has 21 heavy (non-hydrogen) atoms. The van der Waals surface area contributed by atoms with Crippen LogP contribution in [-0.4, -0.2) is 14.2 Å². The van der Waals surface area contributed by atoms with E-state index in [1.165, 1.54) is 6.07 Å². The molecule has 2 rings (SSSR count). The summed E-state index contributed by atoms with van der Waals surface area (Å²) in [5.74, 6) is 1.02. The fraction of sp³-hybridized carbons (Fsp3) is 0.250. The quantitative estimate of drug-likeness (QED) is 0.856. The summed E-state index contributed by atoms with van der Waals surface area (Å²) < 4.78 is 25.1. The maximum atomic E-state index is 13.7. The van der Waals surface area contributed by atoms with Gasteiger partial charge in [-0.25, -0.2) is 4.39 Å². The van der Waals surface area contributed by atoms with Crippen LogP contribution in [0.4, 0.5) is 10.1 Å². The average molecular weight is 354 g/mol. The van der Waals surface area contributed by atoms with Crippen molar-refractivity contribution in [1.29, 1.82) is 0 Å². The van der Waals surface area contributed by atoms with Gasteiger partial charge in [0, 0.05) is 11.0 Å². The van der Waals surface area contributed by atoms with Crippen LogP contribution in [0.2, 0.25) is 0 Å². The summed E-state index contributed by atoms with van der Waals surface area (Å²) in [5.41, 5.74) is 2.44. The second kappa shape index (κ2) is 6.80. The van der Waals surface area contributed by atoms with Crippen LogP contribution in [0.1, 0.15) is 11.1 Å². The predicted octanol–water partition coefficient (Wildman–Crippen LogP) is 4.53. The first-order valence-corrected chi connectivity index (χ1v) is 7.25. The molecule has 0 aromatic heterocycles. The van der Waals surface area contributed by atoms with Crippen molar-refractivity contribution in [2.45, 2.75) is 13.5 Å². The molecule has 0 spiro atoms.